The number of aryl methyl sites for hydroxylation is 1. The number of aromatic nitrogens is 2. The van der Waals surface area contributed by atoms with E-state index in [1.807, 2.05) is 31.2 Å². The second-order valence-corrected chi connectivity index (χ2v) is 6.18. The molecule has 2 aromatic rings. The Morgan fingerprint density at radius 1 is 1.36 bits per heavy atom. The zero-order chi connectivity index (χ0) is 15.9. The van der Waals surface area contributed by atoms with Crippen molar-refractivity contribution in [1.29, 1.82) is 0 Å². The van der Waals surface area contributed by atoms with Gasteiger partial charge in [0.1, 0.15) is 5.82 Å². The number of benzene rings is 1. The molecule has 2 N–H and O–H groups in total. The van der Waals surface area contributed by atoms with Crippen molar-refractivity contribution in [3.05, 3.63) is 35.7 Å². The molecule has 6 heteroatoms. The van der Waals surface area contributed by atoms with E-state index in [9.17, 15) is 4.79 Å². The van der Waals surface area contributed by atoms with Gasteiger partial charge >= 0.3 is 0 Å². The van der Waals surface area contributed by atoms with Crippen LogP contribution in [-0.2, 0) is 11.3 Å². The average molecular weight is 318 g/mol. The van der Waals surface area contributed by atoms with E-state index >= 15 is 0 Å². The average Bonchev–Trinajstić information content (AvgIpc) is 2.91. The molecule has 2 rings (SSSR count). The Morgan fingerprint density at radius 2 is 2.14 bits per heavy atom. The van der Waals surface area contributed by atoms with Crippen molar-refractivity contribution in [2.24, 2.45) is 5.92 Å². The predicted molar refractivity (Wildman–Crippen MR) is 91.1 cm³/mol. The molecule has 1 amide bonds. The summed E-state index contributed by atoms with van der Waals surface area (Å²) in [4.78, 5) is 16.3. The highest BCUT2D eigenvalue weighted by atomic mass is 32.1. The largest absolute Gasteiger partial charge is 0.356 e. The van der Waals surface area contributed by atoms with Crippen molar-refractivity contribution in [1.82, 2.24) is 9.36 Å². The third-order valence-corrected chi connectivity index (χ3v) is 4.24. The smallest absolute Gasteiger partial charge is 0.224 e. The van der Waals surface area contributed by atoms with Gasteiger partial charge < -0.3 is 10.6 Å². The summed E-state index contributed by atoms with van der Waals surface area (Å²) in [6.07, 6.45) is 1.56. The lowest BCUT2D eigenvalue weighted by atomic mass is 10.0. The number of amides is 1. The van der Waals surface area contributed by atoms with Gasteiger partial charge in [-0.1, -0.05) is 38.5 Å². The van der Waals surface area contributed by atoms with Gasteiger partial charge in [0.25, 0.3) is 0 Å². The summed E-state index contributed by atoms with van der Waals surface area (Å²) in [6, 6.07) is 7.82. The fourth-order valence-corrected chi connectivity index (χ4v) is 2.57. The van der Waals surface area contributed by atoms with E-state index in [1.165, 1.54) is 11.5 Å². The molecule has 0 spiro atoms. The van der Waals surface area contributed by atoms with Gasteiger partial charge in [-0.25, -0.2) is 4.98 Å². The van der Waals surface area contributed by atoms with E-state index in [4.69, 9.17) is 0 Å². The normalized spacial score (nSPS) is 12.0. The van der Waals surface area contributed by atoms with Crippen molar-refractivity contribution < 1.29 is 4.79 Å². The molecule has 1 heterocycles. The van der Waals surface area contributed by atoms with Gasteiger partial charge in [-0.05, 0) is 24.5 Å². The maximum absolute atomic E-state index is 12.1. The number of hydrogen-bond donors (Lipinski definition) is 2. The molecule has 0 radical (unpaired) electrons. The molecule has 22 heavy (non-hydrogen) atoms. The first kappa shape index (κ1) is 16.4. The zero-order valence-electron chi connectivity index (χ0n) is 13.2. The second kappa shape index (κ2) is 7.89. The Kier molecular flexibility index (Phi) is 5.89. The van der Waals surface area contributed by atoms with Gasteiger partial charge in [-0.2, -0.15) is 4.37 Å². The monoisotopic (exact) mass is 318 g/mol. The van der Waals surface area contributed by atoms with Crippen LogP contribution in [0.25, 0.3) is 0 Å². The Bertz CT molecular complexity index is 626. The first-order valence-corrected chi connectivity index (χ1v) is 8.27. The van der Waals surface area contributed by atoms with Gasteiger partial charge in [0.2, 0.25) is 11.0 Å². The summed E-state index contributed by atoms with van der Waals surface area (Å²) < 4.78 is 4.14. The minimum atomic E-state index is 0.0635. The molecule has 5 nitrogen and oxygen atoms in total. The molecule has 118 valence electrons. The number of anilines is 2. The van der Waals surface area contributed by atoms with E-state index < -0.39 is 0 Å². The van der Waals surface area contributed by atoms with Crippen LogP contribution in [0.3, 0.4) is 0 Å². The molecule has 0 saturated heterocycles. The molecule has 0 bridgehead atoms. The van der Waals surface area contributed by atoms with Crippen molar-refractivity contribution in [3.8, 4) is 0 Å². The highest BCUT2D eigenvalue weighted by Crippen LogP contribution is 2.19. The lowest BCUT2D eigenvalue weighted by Gasteiger charge is -2.13. The van der Waals surface area contributed by atoms with Crippen molar-refractivity contribution in [2.45, 2.75) is 40.2 Å². The van der Waals surface area contributed by atoms with Crippen LogP contribution >= 0.6 is 11.5 Å². The number of nitrogens with one attached hydrogen (secondary N) is 2. The molecule has 1 atom stereocenters. The summed E-state index contributed by atoms with van der Waals surface area (Å²) in [7, 11) is 0. The van der Waals surface area contributed by atoms with Gasteiger partial charge in [0.15, 0.2) is 0 Å². The Balaban J connectivity index is 1.98. The number of nitrogens with zero attached hydrogens (tertiary/aromatic N) is 2. The van der Waals surface area contributed by atoms with Crippen LogP contribution in [0.1, 0.15) is 38.1 Å². The van der Waals surface area contributed by atoms with Gasteiger partial charge in [-0.3, -0.25) is 4.79 Å². The lowest BCUT2D eigenvalue weighted by molar-refractivity contribution is -0.117. The van der Waals surface area contributed by atoms with Crippen LogP contribution < -0.4 is 10.6 Å². The lowest BCUT2D eigenvalue weighted by Crippen LogP contribution is -2.16. The molecule has 0 aliphatic heterocycles. The van der Waals surface area contributed by atoms with Gasteiger partial charge in [-0.15, -0.1) is 0 Å². The first-order valence-electron chi connectivity index (χ1n) is 7.50. The maximum Gasteiger partial charge on any atom is 0.224 e. The third kappa shape index (κ3) is 4.80. The summed E-state index contributed by atoms with van der Waals surface area (Å²) in [6.45, 7) is 6.66. The first-order chi connectivity index (χ1) is 10.6. The molecule has 0 saturated carbocycles. The second-order valence-electron chi connectivity index (χ2n) is 5.42. The molecule has 1 unspecified atom stereocenters. The van der Waals surface area contributed by atoms with Gasteiger partial charge in [0, 0.05) is 30.2 Å². The fourth-order valence-electron chi connectivity index (χ4n) is 2.00. The van der Waals surface area contributed by atoms with Gasteiger partial charge in [0.05, 0.1) is 0 Å². The molecular formula is C16H22N4OS. The SMILES string of the molecule is CCC(C)CC(=O)Nc1ccccc1CNc1nc(C)ns1. The van der Waals surface area contributed by atoms with Crippen LogP contribution in [-0.4, -0.2) is 15.3 Å². The topological polar surface area (TPSA) is 66.9 Å². The summed E-state index contributed by atoms with van der Waals surface area (Å²) in [5, 5.41) is 7.04. The summed E-state index contributed by atoms with van der Waals surface area (Å²) >= 11 is 1.34. The Hall–Kier alpha value is -1.95. The standard InChI is InChI=1S/C16H22N4OS/c1-4-11(2)9-15(21)19-14-8-6-5-7-13(14)10-17-16-18-12(3)20-22-16/h5-8,11H,4,9-10H2,1-3H3,(H,19,21)(H,17,18,20). The highest BCUT2D eigenvalue weighted by molar-refractivity contribution is 7.09. The van der Waals surface area contributed by atoms with Crippen LogP contribution in [0, 0.1) is 12.8 Å². The highest BCUT2D eigenvalue weighted by Gasteiger charge is 2.10. The molecule has 1 aromatic heterocycles. The molecule has 0 aliphatic carbocycles. The zero-order valence-corrected chi connectivity index (χ0v) is 14.0. The minimum absolute atomic E-state index is 0.0635. The fraction of sp³-hybridized carbons (Fsp3) is 0.438. The number of rotatable bonds is 7. The minimum Gasteiger partial charge on any atom is -0.356 e. The van der Waals surface area contributed by atoms with Crippen LogP contribution in [0.2, 0.25) is 0 Å². The summed E-state index contributed by atoms with van der Waals surface area (Å²) in [5.41, 5.74) is 1.89. The molecule has 0 aliphatic rings. The summed E-state index contributed by atoms with van der Waals surface area (Å²) in [5.74, 6) is 1.23. The Morgan fingerprint density at radius 3 is 2.82 bits per heavy atom. The van der Waals surface area contributed by atoms with E-state index in [2.05, 4.69) is 33.8 Å². The predicted octanol–water partition coefficient (Wildman–Crippen LogP) is 3.83. The van der Waals surface area contributed by atoms with Crippen LogP contribution in [0.5, 0.6) is 0 Å². The number of para-hydroxylation sites is 1. The van der Waals surface area contributed by atoms with Crippen LogP contribution in [0.15, 0.2) is 24.3 Å². The van der Waals surface area contributed by atoms with E-state index in [0.717, 1.165) is 28.6 Å². The number of hydrogen-bond acceptors (Lipinski definition) is 5. The molecular weight excluding hydrogens is 296 g/mol. The van der Waals surface area contributed by atoms with Crippen molar-refractivity contribution in [2.75, 3.05) is 10.6 Å². The van der Waals surface area contributed by atoms with E-state index in [0.29, 0.717) is 18.9 Å². The number of carbonyl (C=O) groups excluding carboxylic acids is 1. The molecule has 0 fully saturated rings. The van der Waals surface area contributed by atoms with E-state index in [1.54, 1.807) is 0 Å². The quantitative estimate of drug-likeness (QED) is 0.814. The van der Waals surface area contributed by atoms with Crippen molar-refractivity contribution in [3.63, 3.8) is 0 Å². The third-order valence-electron chi connectivity index (χ3n) is 3.48. The molecule has 1 aromatic carbocycles. The number of carbonyl (C=O) groups is 1. The Labute approximate surface area is 135 Å². The van der Waals surface area contributed by atoms with Crippen LogP contribution in [0.4, 0.5) is 10.8 Å². The van der Waals surface area contributed by atoms with E-state index in [-0.39, 0.29) is 5.91 Å². The maximum atomic E-state index is 12.1. The van der Waals surface area contributed by atoms with Crippen molar-refractivity contribution >= 4 is 28.3 Å².